The van der Waals surface area contributed by atoms with E-state index in [-0.39, 0.29) is 24.2 Å². The van der Waals surface area contributed by atoms with Gasteiger partial charge >= 0.3 is 0 Å². The Labute approximate surface area is 115 Å². The lowest BCUT2D eigenvalue weighted by Gasteiger charge is -2.10. The minimum absolute atomic E-state index is 0.0104. The number of hydrogen-bond donors (Lipinski definition) is 2. The maximum Gasteiger partial charge on any atom is 0.290 e. The molecule has 106 valence electrons. The zero-order chi connectivity index (χ0) is 14.7. The topological polar surface area (TPSA) is 103 Å². The van der Waals surface area contributed by atoms with Crippen LogP contribution in [0.4, 0.5) is 5.69 Å². The molecular weight excluding hydrogens is 260 g/mol. The van der Waals surface area contributed by atoms with E-state index in [0.717, 1.165) is 4.68 Å². The fraction of sp³-hybridized carbons (Fsp3) is 0.308. The smallest absolute Gasteiger partial charge is 0.290 e. The molecule has 7 nitrogen and oxygen atoms in total. The second-order valence-corrected chi connectivity index (χ2v) is 4.65. The molecule has 7 heteroatoms. The van der Waals surface area contributed by atoms with Crippen molar-refractivity contribution >= 4 is 11.6 Å². The van der Waals surface area contributed by atoms with Crippen LogP contribution in [0.25, 0.3) is 11.5 Å². The molecule has 3 N–H and O–H groups in total. The number of rotatable bonds is 4. The maximum atomic E-state index is 11.9. The molecule has 0 radical (unpaired) electrons. The SMILES string of the molecule is CC(C)NC(=O)Cn1nc(-c2ccco2)cc(N)c1=O. The van der Waals surface area contributed by atoms with Crippen LogP contribution >= 0.6 is 0 Å². The summed E-state index contributed by atoms with van der Waals surface area (Å²) in [6.07, 6.45) is 1.49. The van der Waals surface area contributed by atoms with Gasteiger partial charge in [-0.05, 0) is 32.0 Å². The van der Waals surface area contributed by atoms with Crippen molar-refractivity contribution in [2.45, 2.75) is 26.4 Å². The van der Waals surface area contributed by atoms with Crippen LogP contribution in [0.5, 0.6) is 0 Å². The molecule has 0 aliphatic rings. The van der Waals surface area contributed by atoms with E-state index in [2.05, 4.69) is 10.4 Å². The summed E-state index contributed by atoms with van der Waals surface area (Å²) in [7, 11) is 0. The van der Waals surface area contributed by atoms with E-state index >= 15 is 0 Å². The molecule has 20 heavy (non-hydrogen) atoms. The summed E-state index contributed by atoms with van der Waals surface area (Å²) in [4.78, 5) is 23.6. The number of hydrogen-bond acceptors (Lipinski definition) is 5. The van der Waals surface area contributed by atoms with Crippen LogP contribution in [0.15, 0.2) is 33.7 Å². The molecule has 1 amide bonds. The highest BCUT2D eigenvalue weighted by molar-refractivity contribution is 5.76. The predicted octanol–water partition coefficient (Wildman–Crippen LogP) is 0.610. The molecule has 2 aromatic heterocycles. The number of aromatic nitrogens is 2. The largest absolute Gasteiger partial charge is 0.463 e. The highest BCUT2D eigenvalue weighted by Gasteiger charge is 2.12. The molecule has 0 unspecified atom stereocenters. The Kier molecular flexibility index (Phi) is 3.88. The summed E-state index contributed by atoms with van der Waals surface area (Å²) in [5, 5.41) is 6.78. The fourth-order valence-corrected chi connectivity index (χ4v) is 1.72. The number of furan rings is 1. The van der Waals surface area contributed by atoms with Crippen LogP contribution in [0, 0.1) is 0 Å². The van der Waals surface area contributed by atoms with E-state index in [0.29, 0.717) is 11.5 Å². The van der Waals surface area contributed by atoms with Crippen LogP contribution in [0.3, 0.4) is 0 Å². The quantitative estimate of drug-likeness (QED) is 0.851. The first-order chi connectivity index (χ1) is 9.47. The van der Waals surface area contributed by atoms with Crippen molar-refractivity contribution in [2.24, 2.45) is 0 Å². The Morgan fingerprint density at radius 1 is 1.55 bits per heavy atom. The molecule has 0 spiro atoms. The number of nitrogen functional groups attached to an aromatic ring is 1. The lowest BCUT2D eigenvalue weighted by molar-refractivity contribution is -0.122. The normalized spacial score (nSPS) is 10.8. The molecular formula is C13H16N4O3. The van der Waals surface area contributed by atoms with Crippen molar-refractivity contribution < 1.29 is 9.21 Å². The first-order valence-electron chi connectivity index (χ1n) is 6.18. The summed E-state index contributed by atoms with van der Waals surface area (Å²) in [5.74, 6) is 0.181. The molecule has 2 rings (SSSR count). The molecule has 0 saturated carbocycles. The van der Waals surface area contributed by atoms with E-state index in [4.69, 9.17) is 10.2 Å². The van der Waals surface area contributed by atoms with Gasteiger partial charge in [0.15, 0.2) is 5.76 Å². The van der Waals surface area contributed by atoms with E-state index in [1.54, 1.807) is 12.1 Å². The number of carbonyl (C=O) groups excluding carboxylic acids is 1. The number of amides is 1. The second kappa shape index (κ2) is 5.60. The van der Waals surface area contributed by atoms with Crippen LogP contribution < -0.4 is 16.6 Å². The van der Waals surface area contributed by atoms with E-state index in [1.807, 2.05) is 13.8 Å². The first-order valence-corrected chi connectivity index (χ1v) is 6.18. The first kappa shape index (κ1) is 13.9. The van der Waals surface area contributed by atoms with Crippen molar-refractivity contribution in [3.05, 3.63) is 34.8 Å². The molecule has 0 aromatic carbocycles. The van der Waals surface area contributed by atoms with Crippen molar-refractivity contribution in [3.8, 4) is 11.5 Å². The average Bonchev–Trinajstić information content (AvgIpc) is 2.87. The number of anilines is 1. The lowest BCUT2D eigenvalue weighted by atomic mass is 10.3. The van der Waals surface area contributed by atoms with Gasteiger partial charge in [-0.25, -0.2) is 4.68 Å². The van der Waals surface area contributed by atoms with Crippen molar-refractivity contribution in [1.82, 2.24) is 15.1 Å². The number of nitrogens with zero attached hydrogens (tertiary/aromatic N) is 2. The van der Waals surface area contributed by atoms with E-state index in [9.17, 15) is 9.59 Å². The van der Waals surface area contributed by atoms with Gasteiger partial charge in [-0.3, -0.25) is 9.59 Å². The standard InChI is InChI=1S/C13H16N4O3/c1-8(2)15-12(18)7-17-13(19)9(14)6-10(16-17)11-4-3-5-20-11/h3-6,8H,7,14H2,1-2H3,(H,15,18). The van der Waals surface area contributed by atoms with E-state index in [1.165, 1.54) is 12.3 Å². The number of nitrogens with two attached hydrogens (primary N) is 1. The Morgan fingerprint density at radius 3 is 2.90 bits per heavy atom. The molecule has 0 saturated heterocycles. The fourth-order valence-electron chi connectivity index (χ4n) is 1.72. The Morgan fingerprint density at radius 2 is 2.30 bits per heavy atom. The summed E-state index contributed by atoms with van der Waals surface area (Å²) in [5.41, 5.74) is 5.58. The molecule has 0 fully saturated rings. The number of carbonyl (C=O) groups is 1. The van der Waals surface area contributed by atoms with Crippen molar-refractivity contribution in [1.29, 1.82) is 0 Å². The number of nitrogens with one attached hydrogen (secondary N) is 1. The third-order valence-electron chi connectivity index (χ3n) is 2.52. The van der Waals surface area contributed by atoms with Gasteiger partial charge in [0.2, 0.25) is 5.91 Å². The maximum absolute atomic E-state index is 11.9. The van der Waals surface area contributed by atoms with Gasteiger partial charge in [0.05, 0.1) is 6.26 Å². The Bertz CT molecular complexity index is 659. The summed E-state index contributed by atoms with van der Waals surface area (Å²) < 4.78 is 6.24. The van der Waals surface area contributed by atoms with E-state index < -0.39 is 5.56 Å². The molecule has 0 aliphatic heterocycles. The zero-order valence-corrected chi connectivity index (χ0v) is 11.3. The Hall–Kier alpha value is -2.57. The van der Waals surface area contributed by atoms with Gasteiger partial charge in [-0.1, -0.05) is 0 Å². The minimum atomic E-state index is -0.501. The van der Waals surface area contributed by atoms with Gasteiger partial charge in [-0.2, -0.15) is 5.10 Å². The molecule has 0 bridgehead atoms. The van der Waals surface area contributed by atoms with Crippen molar-refractivity contribution in [3.63, 3.8) is 0 Å². The predicted molar refractivity (Wildman–Crippen MR) is 73.9 cm³/mol. The van der Waals surface area contributed by atoms with Gasteiger partial charge in [0, 0.05) is 6.04 Å². The highest BCUT2D eigenvalue weighted by atomic mass is 16.3. The van der Waals surface area contributed by atoms with Gasteiger partial charge < -0.3 is 15.5 Å². The third-order valence-corrected chi connectivity index (χ3v) is 2.52. The third kappa shape index (κ3) is 3.05. The van der Waals surface area contributed by atoms with Gasteiger partial charge in [0.1, 0.15) is 17.9 Å². The van der Waals surface area contributed by atoms with Crippen LogP contribution in [-0.4, -0.2) is 21.7 Å². The van der Waals surface area contributed by atoms with Gasteiger partial charge in [-0.15, -0.1) is 0 Å². The minimum Gasteiger partial charge on any atom is -0.463 e. The van der Waals surface area contributed by atoms with Crippen LogP contribution in [-0.2, 0) is 11.3 Å². The van der Waals surface area contributed by atoms with Crippen LogP contribution in [0.2, 0.25) is 0 Å². The molecule has 0 atom stereocenters. The van der Waals surface area contributed by atoms with Crippen LogP contribution in [0.1, 0.15) is 13.8 Å². The second-order valence-electron chi connectivity index (χ2n) is 4.65. The lowest BCUT2D eigenvalue weighted by Crippen LogP contribution is -2.37. The molecule has 2 heterocycles. The average molecular weight is 276 g/mol. The summed E-state index contributed by atoms with van der Waals surface area (Å²) in [6, 6.07) is 4.82. The van der Waals surface area contributed by atoms with Gasteiger partial charge in [0.25, 0.3) is 5.56 Å². The highest BCUT2D eigenvalue weighted by Crippen LogP contribution is 2.17. The molecule has 0 aliphatic carbocycles. The van der Waals surface area contributed by atoms with Crippen molar-refractivity contribution in [2.75, 3.05) is 5.73 Å². The monoisotopic (exact) mass is 276 g/mol. The molecule has 2 aromatic rings. The summed E-state index contributed by atoms with van der Waals surface area (Å²) >= 11 is 0. The zero-order valence-electron chi connectivity index (χ0n) is 11.3. The summed E-state index contributed by atoms with van der Waals surface area (Å²) in [6.45, 7) is 3.49. The Balaban J connectivity index is 2.33.